The zero-order valence-electron chi connectivity index (χ0n) is 10.4. The van der Waals surface area contributed by atoms with Crippen LogP contribution in [-0.2, 0) is 9.53 Å². The summed E-state index contributed by atoms with van der Waals surface area (Å²) in [7, 11) is 0. The molecule has 0 spiro atoms. The van der Waals surface area contributed by atoms with Crippen molar-refractivity contribution in [1.29, 1.82) is 0 Å². The van der Waals surface area contributed by atoms with Gasteiger partial charge in [0.1, 0.15) is 0 Å². The van der Waals surface area contributed by atoms with Gasteiger partial charge in [-0.1, -0.05) is 12.8 Å². The number of halogens is 1. The van der Waals surface area contributed by atoms with Crippen LogP contribution in [0, 0.1) is 5.92 Å². The lowest BCUT2D eigenvalue weighted by atomic mass is 9.99. The van der Waals surface area contributed by atoms with Crippen LogP contribution in [0.5, 0.6) is 0 Å². The van der Waals surface area contributed by atoms with Crippen molar-refractivity contribution in [3.05, 3.63) is 0 Å². The van der Waals surface area contributed by atoms with Gasteiger partial charge in [-0.25, -0.2) is 0 Å². The summed E-state index contributed by atoms with van der Waals surface area (Å²) in [6.07, 6.45) is 6.78. The monoisotopic (exact) mass is 259 g/mol. The Morgan fingerprint density at radius 1 is 1.24 bits per heavy atom. The maximum Gasteiger partial charge on any atom is 0.228 e. The number of ether oxygens (including phenoxy) is 1. The van der Waals surface area contributed by atoms with E-state index in [2.05, 4.69) is 0 Å². The Kier molecular flexibility index (Phi) is 5.11. The summed E-state index contributed by atoms with van der Waals surface area (Å²) < 4.78 is 5.41. The molecule has 1 aliphatic carbocycles. The molecule has 1 aliphatic heterocycles. The molecule has 1 heterocycles. The molecule has 17 heavy (non-hydrogen) atoms. The van der Waals surface area contributed by atoms with E-state index < -0.39 is 0 Å². The van der Waals surface area contributed by atoms with E-state index in [1.165, 1.54) is 12.8 Å². The second-order valence-corrected chi connectivity index (χ2v) is 5.45. The summed E-state index contributed by atoms with van der Waals surface area (Å²) in [5, 5.41) is 0. The van der Waals surface area contributed by atoms with Crippen LogP contribution in [0.2, 0.25) is 0 Å². The molecular formula is C13H22ClNO2. The molecule has 2 rings (SSSR count). The highest BCUT2D eigenvalue weighted by Gasteiger charge is 2.31. The van der Waals surface area contributed by atoms with Crippen LogP contribution in [-0.4, -0.2) is 42.5 Å². The molecular weight excluding hydrogens is 238 g/mol. The van der Waals surface area contributed by atoms with Gasteiger partial charge in [0.25, 0.3) is 0 Å². The number of hydrogen-bond acceptors (Lipinski definition) is 2. The summed E-state index contributed by atoms with van der Waals surface area (Å²) in [6.45, 7) is 2.11. The highest BCUT2D eigenvalue weighted by molar-refractivity contribution is 6.18. The molecule has 1 unspecified atom stereocenters. The fourth-order valence-corrected chi connectivity index (χ4v) is 3.13. The lowest BCUT2D eigenvalue weighted by Crippen LogP contribution is -2.45. The summed E-state index contributed by atoms with van der Waals surface area (Å²) in [4.78, 5) is 14.5. The van der Waals surface area contributed by atoms with E-state index in [0.29, 0.717) is 25.1 Å². The Hall–Kier alpha value is -0.280. The third-order valence-corrected chi connectivity index (χ3v) is 4.05. The number of amides is 1. The molecule has 3 nitrogen and oxygen atoms in total. The second kappa shape index (κ2) is 6.60. The van der Waals surface area contributed by atoms with Crippen molar-refractivity contribution < 1.29 is 9.53 Å². The standard InChI is InChI=1S/C13H22ClNO2/c14-7-8-15(12-5-1-2-6-12)13(16)11-4-3-9-17-10-11/h11-12H,1-10H2. The van der Waals surface area contributed by atoms with Gasteiger partial charge < -0.3 is 9.64 Å². The van der Waals surface area contributed by atoms with Crippen LogP contribution >= 0.6 is 11.6 Å². The normalized spacial score (nSPS) is 26.1. The predicted octanol–water partition coefficient (Wildman–Crippen LogP) is 2.42. The summed E-state index contributed by atoms with van der Waals surface area (Å²) >= 11 is 5.83. The number of nitrogens with zero attached hydrogens (tertiary/aromatic N) is 1. The van der Waals surface area contributed by atoms with Crippen molar-refractivity contribution in [2.75, 3.05) is 25.6 Å². The zero-order chi connectivity index (χ0) is 12.1. The minimum Gasteiger partial charge on any atom is -0.381 e. The number of carbonyl (C=O) groups excluding carboxylic acids is 1. The van der Waals surface area contributed by atoms with Crippen LogP contribution in [0.1, 0.15) is 38.5 Å². The minimum absolute atomic E-state index is 0.0765. The summed E-state index contributed by atoms with van der Waals surface area (Å²) in [5.74, 6) is 0.889. The molecule has 0 radical (unpaired) electrons. The van der Waals surface area contributed by atoms with E-state index in [9.17, 15) is 4.79 Å². The van der Waals surface area contributed by atoms with Gasteiger partial charge in [-0.15, -0.1) is 11.6 Å². The molecule has 1 saturated carbocycles. The lowest BCUT2D eigenvalue weighted by Gasteiger charge is -2.33. The Balaban J connectivity index is 1.95. The molecule has 2 fully saturated rings. The molecule has 0 aromatic heterocycles. The van der Waals surface area contributed by atoms with Crippen LogP contribution in [0.25, 0.3) is 0 Å². The van der Waals surface area contributed by atoms with E-state index in [-0.39, 0.29) is 11.8 Å². The molecule has 1 atom stereocenters. The molecule has 0 aromatic carbocycles. The second-order valence-electron chi connectivity index (χ2n) is 5.07. The van der Waals surface area contributed by atoms with E-state index in [4.69, 9.17) is 16.3 Å². The first-order chi connectivity index (χ1) is 8.33. The number of carbonyl (C=O) groups is 1. The van der Waals surface area contributed by atoms with Crippen molar-refractivity contribution in [1.82, 2.24) is 4.90 Å². The SMILES string of the molecule is O=C(C1CCCOC1)N(CCCl)C1CCCC1. The summed E-state index contributed by atoms with van der Waals surface area (Å²) in [6, 6.07) is 0.433. The third kappa shape index (κ3) is 3.35. The topological polar surface area (TPSA) is 29.5 Å². The largest absolute Gasteiger partial charge is 0.381 e. The first-order valence-corrected chi connectivity index (χ1v) is 7.30. The van der Waals surface area contributed by atoms with Crippen molar-refractivity contribution >= 4 is 17.5 Å². The van der Waals surface area contributed by atoms with Crippen molar-refractivity contribution in [2.45, 2.75) is 44.6 Å². The van der Waals surface area contributed by atoms with Gasteiger partial charge in [0.2, 0.25) is 5.91 Å². The molecule has 0 bridgehead atoms. The van der Waals surface area contributed by atoms with E-state index in [1.54, 1.807) is 0 Å². The van der Waals surface area contributed by atoms with Gasteiger partial charge in [0, 0.05) is 25.1 Å². The predicted molar refractivity (Wildman–Crippen MR) is 68.2 cm³/mol. The Morgan fingerprint density at radius 2 is 2.00 bits per heavy atom. The highest BCUT2D eigenvalue weighted by atomic mass is 35.5. The molecule has 0 aromatic rings. The Labute approximate surface area is 108 Å². The molecule has 98 valence electrons. The average molecular weight is 260 g/mol. The van der Waals surface area contributed by atoms with Crippen LogP contribution in [0.15, 0.2) is 0 Å². The fourth-order valence-electron chi connectivity index (χ4n) is 2.95. The molecule has 2 aliphatic rings. The quantitative estimate of drug-likeness (QED) is 0.726. The van der Waals surface area contributed by atoms with E-state index in [0.717, 1.165) is 32.3 Å². The number of rotatable bonds is 4. The van der Waals surface area contributed by atoms with Gasteiger partial charge >= 0.3 is 0 Å². The average Bonchev–Trinajstić information content (AvgIpc) is 2.90. The Morgan fingerprint density at radius 3 is 2.59 bits per heavy atom. The van der Waals surface area contributed by atoms with Crippen molar-refractivity contribution in [3.8, 4) is 0 Å². The lowest BCUT2D eigenvalue weighted by molar-refractivity contribution is -0.141. The molecule has 1 amide bonds. The van der Waals surface area contributed by atoms with E-state index in [1.807, 2.05) is 4.90 Å². The van der Waals surface area contributed by atoms with Crippen molar-refractivity contribution in [2.24, 2.45) is 5.92 Å². The zero-order valence-corrected chi connectivity index (χ0v) is 11.1. The van der Waals surface area contributed by atoms with Crippen LogP contribution < -0.4 is 0 Å². The minimum atomic E-state index is 0.0765. The van der Waals surface area contributed by atoms with Gasteiger partial charge in [0.05, 0.1) is 12.5 Å². The first kappa shape index (κ1) is 13.2. The Bertz CT molecular complexity index is 248. The highest BCUT2D eigenvalue weighted by Crippen LogP contribution is 2.26. The molecule has 4 heteroatoms. The van der Waals surface area contributed by atoms with Gasteiger partial charge in [-0.05, 0) is 25.7 Å². The molecule has 1 saturated heterocycles. The maximum absolute atomic E-state index is 12.5. The molecule has 0 N–H and O–H groups in total. The smallest absolute Gasteiger partial charge is 0.228 e. The van der Waals surface area contributed by atoms with Crippen LogP contribution in [0.4, 0.5) is 0 Å². The van der Waals surface area contributed by atoms with Gasteiger partial charge in [-0.2, -0.15) is 0 Å². The van der Waals surface area contributed by atoms with Gasteiger partial charge in [0.15, 0.2) is 0 Å². The van der Waals surface area contributed by atoms with Gasteiger partial charge in [-0.3, -0.25) is 4.79 Å². The fraction of sp³-hybridized carbons (Fsp3) is 0.923. The summed E-state index contributed by atoms with van der Waals surface area (Å²) in [5.41, 5.74) is 0. The number of hydrogen-bond donors (Lipinski definition) is 0. The maximum atomic E-state index is 12.5. The van der Waals surface area contributed by atoms with Crippen molar-refractivity contribution in [3.63, 3.8) is 0 Å². The van der Waals surface area contributed by atoms with E-state index >= 15 is 0 Å². The van der Waals surface area contributed by atoms with Crippen LogP contribution in [0.3, 0.4) is 0 Å². The third-order valence-electron chi connectivity index (χ3n) is 3.88. The first-order valence-electron chi connectivity index (χ1n) is 6.77. The number of alkyl halides is 1.